The molecule has 1 saturated heterocycles. The van der Waals surface area contributed by atoms with Gasteiger partial charge in [-0.2, -0.15) is 0 Å². The van der Waals surface area contributed by atoms with Gasteiger partial charge in [0.1, 0.15) is 0 Å². The lowest BCUT2D eigenvalue weighted by Crippen LogP contribution is -2.26. The number of rotatable bonds is 0. The zero-order chi connectivity index (χ0) is 9.57. The van der Waals surface area contributed by atoms with Crippen LogP contribution >= 0.6 is 0 Å². The first-order valence-electron chi connectivity index (χ1n) is 5.33. The van der Waals surface area contributed by atoms with Gasteiger partial charge < -0.3 is 0 Å². The summed E-state index contributed by atoms with van der Waals surface area (Å²) in [5, 5.41) is 0. The average molecular weight is 190 g/mol. The van der Waals surface area contributed by atoms with Crippen molar-refractivity contribution in [1.29, 1.82) is 0 Å². The largest absolute Gasteiger partial charge is 0.216 e. The average Bonchev–Trinajstić information content (AvgIpc) is 2.61. The van der Waals surface area contributed by atoms with Crippen molar-refractivity contribution in [3.63, 3.8) is 0 Å². The van der Waals surface area contributed by atoms with E-state index in [2.05, 4.69) is 36.8 Å². The molecule has 70 valence electrons. The van der Waals surface area contributed by atoms with Crippen LogP contribution in [-0.4, -0.2) is 8.07 Å². The van der Waals surface area contributed by atoms with Crippen LogP contribution in [0.2, 0.25) is 12.1 Å². The van der Waals surface area contributed by atoms with E-state index in [0.717, 1.165) is 12.8 Å². The molecule has 0 aromatic heterocycles. The van der Waals surface area contributed by atoms with E-state index in [4.69, 9.17) is 0 Å². The van der Waals surface area contributed by atoms with Crippen LogP contribution in [0.15, 0.2) is 0 Å². The van der Waals surface area contributed by atoms with Crippen LogP contribution in [-0.2, 0) is 0 Å². The van der Waals surface area contributed by atoms with Crippen LogP contribution in [0.3, 0.4) is 0 Å². The van der Waals surface area contributed by atoms with Gasteiger partial charge >= 0.3 is 0 Å². The first kappa shape index (κ1) is 10.4. The molecule has 0 saturated carbocycles. The zero-order valence-electron chi connectivity index (χ0n) is 8.74. The summed E-state index contributed by atoms with van der Waals surface area (Å²) in [4.78, 5) is 0. The highest BCUT2D eigenvalue weighted by atomic mass is 28.3. The van der Waals surface area contributed by atoms with Gasteiger partial charge in [0.25, 0.3) is 0 Å². The second-order valence-electron chi connectivity index (χ2n) is 3.60. The van der Waals surface area contributed by atoms with Crippen LogP contribution in [0.5, 0.6) is 0 Å². The highest BCUT2D eigenvalue weighted by molar-refractivity contribution is 6.94. The molecule has 0 aromatic rings. The maximum atomic E-state index is 3.49. The van der Waals surface area contributed by atoms with Crippen LogP contribution in [0.25, 0.3) is 0 Å². The Morgan fingerprint density at radius 2 is 1.38 bits per heavy atom. The summed E-state index contributed by atoms with van der Waals surface area (Å²) in [6, 6.07) is 2.65. The van der Waals surface area contributed by atoms with Crippen LogP contribution in [0.1, 0.15) is 39.5 Å². The summed E-state index contributed by atoms with van der Waals surface area (Å²) in [5.74, 6) is 6.50. The van der Waals surface area contributed by atoms with Crippen LogP contribution in [0.4, 0.5) is 0 Å². The molecule has 0 spiro atoms. The Kier molecular flexibility index (Phi) is 4.13. The molecule has 1 aliphatic heterocycles. The molecule has 0 bridgehead atoms. The van der Waals surface area contributed by atoms with Gasteiger partial charge in [0, 0.05) is 12.8 Å². The zero-order valence-corrected chi connectivity index (χ0v) is 9.74. The minimum Gasteiger partial charge on any atom is -0.115 e. The summed E-state index contributed by atoms with van der Waals surface area (Å²) in [5.41, 5.74) is 6.99. The fourth-order valence-corrected chi connectivity index (χ4v) is 5.32. The van der Waals surface area contributed by atoms with Crippen LogP contribution < -0.4 is 0 Å². The maximum absolute atomic E-state index is 3.49. The summed E-state index contributed by atoms with van der Waals surface area (Å²) >= 11 is 0. The molecule has 1 fully saturated rings. The molecule has 0 unspecified atom stereocenters. The molecule has 13 heavy (non-hydrogen) atoms. The Hall–Kier alpha value is -0.663. The minimum absolute atomic E-state index is 0.989. The quantitative estimate of drug-likeness (QED) is 0.407. The summed E-state index contributed by atoms with van der Waals surface area (Å²) in [6.07, 6.45) is 4.71. The summed E-state index contributed by atoms with van der Waals surface area (Å²) in [7, 11) is -1.40. The van der Waals surface area contributed by atoms with Crippen molar-refractivity contribution in [2.45, 2.75) is 51.6 Å². The highest BCUT2D eigenvalue weighted by Crippen LogP contribution is 2.28. The lowest BCUT2D eigenvalue weighted by Gasteiger charge is -2.09. The molecule has 1 aliphatic rings. The van der Waals surface area contributed by atoms with Crippen molar-refractivity contribution < 1.29 is 0 Å². The van der Waals surface area contributed by atoms with Gasteiger partial charge in [-0.15, -0.1) is 22.9 Å². The van der Waals surface area contributed by atoms with Crippen LogP contribution in [0, 0.1) is 22.9 Å². The van der Waals surface area contributed by atoms with Crippen molar-refractivity contribution in [2.24, 2.45) is 0 Å². The third kappa shape index (κ3) is 2.94. The Morgan fingerprint density at radius 1 is 0.923 bits per heavy atom. The van der Waals surface area contributed by atoms with E-state index in [-0.39, 0.29) is 0 Å². The minimum atomic E-state index is -1.40. The Bertz CT molecular complexity index is 239. The Balaban J connectivity index is 2.74. The third-order valence-corrected chi connectivity index (χ3v) is 6.19. The van der Waals surface area contributed by atoms with Crippen molar-refractivity contribution in [3.05, 3.63) is 0 Å². The second-order valence-corrected chi connectivity index (χ2v) is 7.26. The van der Waals surface area contributed by atoms with Gasteiger partial charge in [-0.05, 0) is 12.1 Å². The van der Waals surface area contributed by atoms with Gasteiger partial charge in [0.15, 0.2) is 0 Å². The molecular weight excluding hydrogens is 172 g/mol. The fourth-order valence-electron chi connectivity index (χ4n) is 1.77. The topological polar surface area (TPSA) is 0 Å². The standard InChI is InChI=1S/C12H18Si/c1-3-5-9-13(10-6-4-2)11-7-8-12-13/h3-4,7-8,11-12H2,1-2H3. The van der Waals surface area contributed by atoms with Crippen molar-refractivity contribution in [2.75, 3.05) is 0 Å². The number of hydrogen-bond donors (Lipinski definition) is 0. The normalized spacial score (nSPS) is 18.3. The van der Waals surface area contributed by atoms with E-state index in [1.165, 1.54) is 24.9 Å². The van der Waals surface area contributed by atoms with E-state index in [0.29, 0.717) is 0 Å². The first-order valence-corrected chi connectivity index (χ1v) is 7.74. The molecule has 0 atom stereocenters. The molecule has 0 aromatic carbocycles. The van der Waals surface area contributed by atoms with Gasteiger partial charge in [-0.1, -0.05) is 26.7 Å². The van der Waals surface area contributed by atoms with Gasteiger partial charge in [-0.3, -0.25) is 0 Å². The number of hydrogen-bond acceptors (Lipinski definition) is 0. The van der Waals surface area contributed by atoms with Gasteiger partial charge in [0.05, 0.1) is 0 Å². The molecule has 1 heterocycles. The molecule has 1 heteroatoms. The van der Waals surface area contributed by atoms with Crippen molar-refractivity contribution in [3.8, 4) is 22.9 Å². The fraction of sp³-hybridized carbons (Fsp3) is 0.667. The lowest BCUT2D eigenvalue weighted by atomic mass is 10.4. The Labute approximate surface area is 83.1 Å². The van der Waals surface area contributed by atoms with Gasteiger partial charge in [-0.25, -0.2) is 0 Å². The van der Waals surface area contributed by atoms with E-state index in [9.17, 15) is 0 Å². The maximum Gasteiger partial charge on any atom is 0.216 e. The molecule has 1 rings (SSSR count). The highest BCUT2D eigenvalue weighted by Gasteiger charge is 2.33. The van der Waals surface area contributed by atoms with E-state index >= 15 is 0 Å². The molecular formula is C12H18Si. The predicted octanol–water partition coefficient (Wildman–Crippen LogP) is 3.13. The molecule has 0 N–H and O–H groups in total. The summed E-state index contributed by atoms with van der Waals surface area (Å²) < 4.78 is 0. The van der Waals surface area contributed by atoms with E-state index < -0.39 is 8.07 Å². The molecule has 0 radical (unpaired) electrons. The summed E-state index contributed by atoms with van der Waals surface area (Å²) in [6.45, 7) is 4.24. The first-order chi connectivity index (χ1) is 6.33. The smallest absolute Gasteiger partial charge is 0.115 e. The van der Waals surface area contributed by atoms with E-state index in [1.807, 2.05) is 0 Å². The second kappa shape index (κ2) is 5.15. The van der Waals surface area contributed by atoms with Crippen molar-refractivity contribution >= 4 is 8.07 Å². The monoisotopic (exact) mass is 190 g/mol. The third-order valence-electron chi connectivity index (χ3n) is 2.47. The Morgan fingerprint density at radius 3 is 1.77 bits per heavy atom. The SMILES string of the molecule is CCC#C[Si]1(C#CCC)CCCC1. The van der Waals surface area contributed by atoms with Crippen molar-refractivity contribution in [1.82, 2.24) is 0 Å². The predicted molar refractivity (Wildman–Crippen MR) is 60.7 cm³/mol. The molecule has 0 amide bonds. The van der Waals surface area contributed by atoms with E-state index in [1.54, 1.807) is 0 Å². The molecule has 0 nitrogen and oxygen atoms in total. The molecule has 0 aliphatic carbocycles. The van der Waals surface area contributed by atoms with Gasteiger partial charge in [0.2, 0.25) is 8.07 Å². The lowest BCUT2D eigenvalue weighted by molar-refractivity contribution is 0.935.